The van der Waals surface area contributed by atoms with Crippen LogP contribution in [-0.4, -0.2) is 6.54 Å². The van der Waals surface area contributed by atoms with Gasteiger partial charge < -0.3 is 5.32 Å². The average molecular weight is 198 g/mol. The second-order valence-corrected chi connectivity index (χ2v) is 3.39. The molecule has 0 radical (unpaired) electrons. The summed E-state index contributed by atoms with van der Waals surface area (Å²) in [6.45, 7) is 1.14. The van der Waals surface area contributed by atoms with Crippen LogP contribution in [0.3, 0.4) is 0 Å². The molecular weight excluding hydrogens is 182 g/mol. The third-order valence-electron chi connectivity index (χ3n) is 2.46. The van der Waals surface area contributed by atoms with E-state index in [9.17, 15) is 0 Å². The van der Waals surface area contributed by atoms with E-state index in [1.54, 1.807) is 0 Å². The van der Waals surface area contributed by atoms with Crippen LogP contribution < -0.4 is 5.32 Å². The third kappa shape index (κ3) is 2.63. The maximum atomic E-state index is 3.47. The van der Waals surface area contributed by atoms with Crippen molar-refractivity contribution in [1.82, 2.24) is 0 Å². The van der Waals surface area contributed by atoms with Crippen molar-refractivity contribution in [2.45, 2.75) is 25.7 Å². The molecule has 2 heteroatoms. The van der Waals surface area contributed by atoms with Gasteiger partial charge in [0.15, 0.2) is 0 Å². The summed E-state index contributed by atoms with van der Waals surface area (Å²) in [5.74, 6) is 0. The van der Waals surface area contributed by atoms with Crippen LogP contribution in [0.25, 0.3) is 0 Å². The molecule has 1 aliphatic heterocycles. The highest BCUT2D eigenvalue weighted by Gasteiger charge is 2.03. The van der Waals surface area contributed by atoms with Crippen LogP contribution in [0.5, 0.6) is 0 Å². The van der Waals surface area contributed by atoms with E-state index in [2.05, 4.69) is 29.6 Å². The molecule has 0 fully saturated rings. The maximum Gasteiger partial charge on any atom is 0.0372 e. The van der Waals surface area contributed by atoms with Crippen LogP contribution in [0.2, 0.25) is 0 Å². The first-order valence-electron chi connectivity index (χ1n) is 4.78. The van der Waals surface area contributed by atoms with Gasteiger partial charge in [-0.2, -0.15) is 0 Å². The molecule has 1 aliphatic rings. The van der Waals surface area contributed by atoms with Gasteiger partial charge in [-0.1, -0.05) is 24.6 Å². The molecule has 0 aromatic heterocycles. The molecular formula is C11H16ClN. The minimum atomic E-state index is 0. The Hall–Kier alpha value is -0.690. The fourth-order valence-corrected chi connectivity index (χ4v) is 1.75. The molecule has 72 valence electrons. The van der Waals surface area contributed by atoms with E-state index >= 15 is 0 Å². The summed E-state index contributed by atoms with van der Waals surface area (Å²) in [6, 6.07) is 8.64. The van der Waals surface area contributed by atoms with Crippen LogP contribution in [-0.2, 0) is 6.42 Å². The van der Waals surface area contributed by atoms with Gasteiger partial charge in [0.2, 0.25) is 0 Å². The summed E-state index contributed by atoms with van der Waals surface area (Å²) in [6.07, 6.45) is 5.26. The van der Waals surface area contributed by atoms with Crippen molar-refractivity contribution in [3.8, 4) is 0 Å². The summed E-state index contributed by atoms with van der Waals surface area (Å²) in [5, 5.41) is 3.47. The van der Waals surface area contributed by atoms with E-state index in [1.807, 2.05) is 0 Å². The first-order chi connectivity index (χ1) is 5.97. The van der Waals surface area contributed by atoms with E-state index in [-0.39, 0.29) is 12.4 Å². The van der Waals surface area contributed by atoms with E-state index in [0.717, 1.165) is 6.54 Å². The van der Waals surface area contributed by atoms with Crippen molar-refractivity contribution in [3.63, 3.8) is 0 Å². The smallest absolute Gasteiger partial charge is 0.0372 e. The van der Waals surface area contributed by atoms with E-state index in [4.69, 9.17) is 0 Å². The van der Waals surface area contributed by atoms with Gasteiger partial charge in [-0.15, -0.1) is 12.4 Å². The molecule has 1 aromatic rings. The molecule has 13 heavy (non-hydrogen) atoms. The fourth-order valence-electron chi connectivity index (χ4n) is 1.75. The SMILES string of the molecule is Cl.c1ccc2c(c1)CCCCCN2. The molecule has 1 nitrogen and oxygen atoms in total. The van der Waals surface area contributed by atoms with Crippen molar-refractivity contribution in [2.75, 3.05) is 11.9 Å². The Morgan fingerprint density at radius 2 is 1.85 bits per heavy atom. The van der Waals surface area contributed by atoms with Crippen molar-refractivity contribution in [3.05, 3.63) is 29.8 Å². The molecule has 0 unspecified atom stereocenters. The minimum absolute atomic E-state index is 0. The van der Waals surface area contributed by atoms with Crippen molar-refractivity contribution >= 4 is 18.1 Å². The molecule has 2 rings (SSSR count). The van der Waals surface area contributed by atoms with Crippen LogP contribution in [0.15, 0.2) is 24.3 Å². The van der Waals surface area contributed by atoms with Crippen LogP contribution in [0, 0.1) is 0 Å². The minimum Gasteiger partial charge on any atom is -0.385 e. The van der Waals surface area contributed by atoms with Gasteiger partial charge in [0.25, 0.3) is 0 Å². The van der Waals surface area contributed by atoms with Gasteiger partial charge in [-0.3, -0.25) is 0 Å². The molecule has 0 saturated heterocycles. The quantitative estimate of drug-likeness (QED) is 0.674. The van der Waals surface area contributed by atoms with Gasteiger partial charge >= 0.3 is 0 Å². The fraction of sp³-hybridized carbons (Fsp3) is 0.455. The predicted molar refractivity (Wildman–Crippen MR) is 59.7 cm³/mol. The first-order valence-corrected chi connectivity index (χ1v) is 4.78. The lowest BCUT2D eigenvalue weighted by Crippen LogP contribution is -2.07. The summed E-state index contributed by atoms with van der Waals surface area (Å²) in [7, 11) is 0. The number of hydrogen-bond acceptors (Lipinski definition) is 1. The first kappa shape index (κ1) is 10.4. The van der Waals surface area contributed by atoms with Crippen molar-refractivity contribution in [2.24, 2.45) is 0 Å². The molecule has 1 heterocycles. The van der Waals surface area contributed by atoms with Crippen LogP contribution in [0.1, 0.15) is 24.8 Å². The zero-order chi connectivity index (χ0) is 8.23. The largest absolute Gasteiger partial charge is 0.385 e. The lowest BCUT2D eigenvalue weighted by Gasteiger charge is -2.14. The Morgan fingerprint density at radius 1 is 1.00 bits per heavy atom. The second kappa shape index (κ2) is 5.13. The highest BCUT2D eigenvalue weighted by atomic mass is 35.5. The number of fused-ring (bicyclic) bond motifs is 1. The van der Waals surface area contributed by atoms with Crippen LogP contribution >= 0.6 is 12.4 Å². The predicted octanol–water partition coefficient (Wildman–Crippen LogP) is 3.25. The number of rotatable bonds is 0. The normalized spacial score (nSPS) is 15.7. The third-order valence-corrected chi connectivity index (χ3v) is 2.46. The number of para-hydroxylation sites is 1. The van der Waals surface area contributed by atoms with E-state index in [0.29, 0.717) is 0 Å². The van der Waals surface area contributed by atoms with Crippen LogP contribution in [0.4, 0.5) is 5.69 Å². The molecule has 1 aromatic carbocycles. The van der Waals surface area contributed by atoms with Crippen molar-refractivity contribution < 1.29 is 0 Å². The van der Waals surface area contributed by atoms with Crippen molar-refractivity contribution in [1.29, 1.82) is 0 Å². The zero-order valence-corrected chi connectivity index (χ0v) is 8.57. The number of aryl methyl sites for hydroxylation is 1. The topological polar surface area (TPSA) is 12.0 Å². The summed E-state index contributed by atoms with van der Waals surface area (Å²) in [5.41, 5.74) is 2.83. The van der Waals surface area contributed by atoms with Gasteiger partial charge in [0.05, 0.1) is 0 Å². The standard InChI is InChI=1S/C11H15N.ClH/c1-2-6-10-7-3-4-8-11(10)12-9-5-1;/h3-4,7-8,12H,1-2,5-6,9H2;1H. The Kier molecular flexibility index (Phi) is 4.10. The Bertz CT molecular complexity index is 233. The molecule has 0 spiro atoms. The van der Waals surface area contributed by atoms with Gasteiger partial charge in [0, 0.05) is 12.2 Å². The van der Waals surface area contributed by atoms with E-state index < -0.39 is 0 Å². The average Bonchev–Trinajstić information content (AvgIpc) is 2.06. The molecule has 0 amide bonds. The highest BCUT2D eigenvalue weighted by molar-refractivity contribution is 5.85. The van der Waals surface area contributed by atoms with Gasteiger partial charge in [-0.05, 0) is 30.9 Å². The number of nitrogens with one attached hydrogen (secondary N) is 1. The second-order valence-electron chi connectivity index (χ2n) is 3.39. The van der Waals surface area contributed by atoms with Gasteiger partial charge in [-0.25, -0.2) is 0 Å². The summed E-state index contributed by atoms with van der Waals surface area (Å²) >= 11 is 0. The number of benzene rings is 1. The Labute approximate surface area is 86.0 Å². The maximum absolute atomic E-state index is 3.47. The number of halogens is 1. The Morgan fingerprint density at radius 3 is 2.77 bits per heavy atom. The van der Waals surface area contributed by atoms with E-state index in [1.165, 1.54) is 36.9 Å². The molecule has 1 N–H and O–H groups in total. The molecule has 0 saturated carbocycles. The lowest BCUT2D eigenvalue weighted by molar-refractivity contribution is 0.686. The molecule has 0 bridgehead atoms. The summed E-state index contributed by atoms with van der Waals surface area (Å²) < 4.78 is 0. The Balaban J connectivity index is 0.000000845. The molecule has 0 aliphatic carbocycles. The number of anilines is 1. The zero-order valence-electron chi connectivity index (χ0n) is 7.75. The monoisotopic (exact) mass is 197 g/mol. The highest BCUT2D eigenvalue weighted by Crippen LogP contribution is 2.19. The lowest BCUT2D eigenvalue weighted by atomic mass is 10.0. The molecule has 0 atom stereocenters. The summed E-state index contributed by atoms with van der Waals surface area (Å²) in [4.78, 5) is 0. The number of hydrogen-bond donors (Lipinski definition) is 1. The van der Waals surface area contributed by atoms with Gasteiger partial charge in [0.1, 0.15) is 0 Å².